The van der Waals surface area contributed by atoms with Gasteiger partial charge in [0.2, 0.25) is 5.91 Å². The van der Waals surface area contributed by atoms with Crippen LogP contribution in [0.4, 0.5) is 24.7 Å². The highest BCUT2D eigenvalue weighted by molar-refractivity contribution is 5.87. The number of carbonyl (C=O) groups excluding carboxylic acids is 1. The SMILES string of the molecule is CC(=O)Nc1cc(CN2CN(c3ccc(OC(F)(F)F)cc3)CC23CC3)ccn1. The van der Waals surface area contributed by atoms with Crippen molar-refractivity contribution in [3.8, 4) is 5.75 Å². The van der Waals surface area contributed by atoms with Crippen LogP contribution < -0.4 is 15.0 Å². The largest absolute Gasteiger partial charge is 0.573 e. The minimum absolute atomic E-state index is 0.0958. The number of benzene rings is 1. The number of pyridine rings is 1. The van der Waals surface area contributed by atoms with E-state index in [0.717, 1.165) is 30.6 Å². The third kappa shape index (κ3) is 4.61. The van der Waals surface area contributed by atoms with Crippen molar-refractivity contribution in [1.29, 1.82) is 0 Å². The average Bonchev–Trinajstić information content (AvgIpc) is 3.31. The van der Waals surface area contributed by atoms with Crippen LogP contribution >= 0.6 is 0 Å². The van der Waals surface area contributed by atoms with Gasteiger partial charge in [0, 0.05) is 37.4 Å². The summed E-state index contributed by atoms with van der Waals surface area (Å²) in [7, 11) is 0. The topological polar surface area (TPSA) is 57.7 Å². The van der Waals surface area contributed by atoms with Gasteiger partial charge in [-0.3, -0.25) is 9.69 Å². The number of amides is 1. The molecule has 2 aromatic rings. The quantitative estimate of drug-likeness (QED) is 0.820. The van der Waals surface area contributed by atoms with Gasteiger partial charge in [0.1, 0.15) is 11.6 Å². The molecule has 1 spiro atoms. The Labute approximate surface area is 166 Å². The Morgan fingerprint density at radius 2 is 1.97 bits per heavy atom. The van der Waals surface area contributed by atoms with Crippen LogP contribution in [0.1, 0.15) is 25.3 Å². The van der Waals surface area contributed by atoms with E-state index < -0.39 is 6.36 Å². The minimum Gasteiger partial charge on any atom is -0.406 e. The van der Waals surface area contributed by atoms with Crippen molar-refractivity contribution in [3.63, 3.8) is 0 Å². The van der Waals surface area contributed by atoms with Crippen molar-refractivity contribution < 1.29 is 22.7 Å². The Kier molecular flexibility index (Phi) is 4.85. The summed E-state index contributed by atoms with van der Waals surface area (Å²) in [6, 6.07) is 9.78. The summed E-state index contributed by atoms with van der Waals surface area (Å²) in [6.45, 7) is 3.66. The molecule has 2 aliphatic rings. The number of alkyl halides is 3. The lowest BCUT2D eigenvalue weighted by Crippen LogP contribution is -2.32. The van der Waals surface area contributed by atoms with E-state index in [2.05, 4.69) is 24.8 Å². The van der Waals surface area contributed by atoms with Crippen molar-refractivity contribution in [2.75, 3.05) is 23.4 Å². The Morgan fingerprint density at radius 1 is 1.24 bits per heavy atom. The molecule has 0 atom stereocenters. The van der Waals surface area contributed by atoms with Crippen LogP contribution in [-0.4, -0.2) is 40.9 Å². The number of nitrogens with zero attached hydrogens (tertiary/aromatic N) is 3. The Morgan fingerprint density at radius 3 is 2.59 bits per heavy atom. The number of halogens is 3. The zero-order valence-electron chi connectivity index (χ0n) is 15.9. The van der Waals surface area contributed by atoms with Gasteiger partial charge in [-0.2, -0.15) is 0 Å². The zero-order chi connectivity index (χ0) is 20.6. The lowest BCUT2D eigenvalue weighted by molar-refractivity contribution is -0.274. The molecule has 9 heteroatoms. The first kappa shape index (κ1) is 19.5. The standard InChI is InChI=1S/C20H21F3N4O2/c1-14(28)25-18-10-15(6-9-24-18)11-27-13-26(12-19(27)7-8-19)16-2-4-17(5-3-16)29-20(21,22)23/h2-6,9-10H,7-8,11-13H2,1H3,(H,24,25,28). The van der Waals surface area contributed by atoms with Gasteiger partial charge in [-0.1, -0.05) is 0 Å². The van der Waals surface area contributed by atoms with Crippen molar-refractivity contribution in [2.24, 2.45) is 0 Å². The maximum absolute atomic E-state index is 12.3. The van der Waals surface area contributed by atoms with Crippen LogP contribution in [0.2, 0.25) is 0 Å². The van der Waals surface area contributed by atoms with E-state index in [1.54, 1.807) is 18.3 Å². The van der Waals surface area contributed by atoms with Crippen molar-refractivity contribution >= 4 is 17.4 Å². The summed E-state index contributed by atoms with van der Waals surface area (Å²) in [4.78, 5) is 19.9. The number of hydrogen-bond donors (Lipinski definition) is 1. The van der Waals surface area contributed by atoms with Gasteiger partial charge in [-0.15, -0.1) is 13.2 Å². The van der Waals surface area contributed by atoms with E-state index in [0.29, 0.717) is 19.0 Å². The first-order valence-corrected chi connectivity index (χ1v) is 9.31. The van der Waals surface area contributed by atoms with Gasteiger partial charge < -0.3 is 15.0 Å². The summed E-state index contributed by atoms with van der Waals surface area (Å²) in [6.07, 6.45) is -0.844. The highest BCUT2D eigenvalue weighted by Gasteiger charge is 2.53. The highest BCUT2D eigenvalue weighted by atomic mass is 19.4. The molecular formula is C20H21F3N4O2. The maximum Gasteiger partial charge on any atom is 0.573 e. The third-order valence-corrected chi connectivity index (χ3v) is 5.26. The number of carbonyl (C=O) groups is 1. The molecule has 0 bridgehead atoms. The predicted octanol–water partition coefficient (Wildman–Crippen LogP) is 3.75. The second kappa shape index (κ2) is 7.22. The lowest BCUT2D eigenvalue weighted by Gasteiger charge is -2.23. The number of ether oxygens (including phenoxy) is 1. The molecule has 154 valence electrons. The van der Waals surface area contributed by atoms with Crippen molar-refractivity contribution in [1.82, 2.24) is 9.88 Å². The number of anilines is 2. The fourth-order valence-electron chi connectivity index (χ4n) is 3.77. The van der Waals surface area contributed by atoms with Crippen LogP contribution in [0.15, 0.2) is 42.6 Å². The van der Waals surface area contributed by atoms with Crippen LogP contribution in [0.25, 0.3) is 0 Å². The molecule has 29 heavy (non-hydrogen) atoms. The van der Waals surface area contributed by atoms with E-state index >= 15 is 0 Å². The maximum atomic E-state index is 12.3. The number of rotatable bonds is 5. The van der Waals surface area contributed by atoms with E-state index in [1.807, 2.05) is 12.1 Å². The van der Waals surface area contributed by atoms with Crippen molar-refractivity contribution in [2.45, 2.75) is 38.2 Å². The summed E-state index contributed by atoms with van der Waals surface area (Å²) in [5.41, 5.74) is 2.01. The van der Waals surface area contributed by atoms with E-state index in [4.69, 9.17) is 0 Å². The average molecular weight is 406 g/mol. The van der Waals surface area contributed by atoms with Crippen LogP contribution in [-0.2, 0) is 11.3 Å². The first-order chi connectivity index (χ1) is 13.7. The first-order valence-electron chi connectivity index (χ1n) is 9.31. The molecule has 1 aromatic heterocycles. The van der Waals surface area contributed by atoms with Crippen LogP contribution in [0.5, 0.6) is 5.75 Å². The monoisotopic (exact) mass is 406 g/mol. The second-order valence-corrected chi connectivity index (χ2v) is 7.53. The summed E-state index contributed by atoms with van der Waals surface area (Å²) in [5, 5.41) is 2.69. The summed E-state index contributed by atoms with van der Waals surface area (Å²) in [5.74, 6) is 0.135. The fourth-order valence-corrected chi connectivity index (χ4v) is 3.77. The fraction of sp³-hybridized carbons (Fsp3) is 0.400. The smallest absolute Gasteiger partial charge is 0.406 e. The van der Waals surface area contributed by atoms with Gasteiger partial charge in [0.25, 0.3) is 0 Å². The summed E-state index contributed by atoms with van der Waals surface area (Å²) < 4.78 is 41.0. The van der Waals surface area contributed by atoms with Crippen molar-refractivity contribution in [3.05, 3.63) is 48.2 Å². The molecule has 1 N–H and O–H groups in total. The molecule has 2 fully saturated rings. The molecular weight excluding hydrogens is 385 g/mol. The number of hydrogen-bond acceptors (Lipinski definition) is 5. The molecule has 1 saturated carbocycles. The molecule has 6 nitrogen and oxygen atoms in total. The molecule has 2 heterocycles. The van der Waals surface area contributed by atoms with E-state index in [-0.39, 0.29) is 17.2 Å². The molecule has 1 aromatic carbocycles. The second-order valence-electron chi connectivity index (χ2n) is 7.53. The van der Waals surface area contributed by atoms with E-state index in [9.17, 15) is 18.0 Å². The molecule has 1 amide bonds. The summed E-state index contributed by atoms with van der Waals surface area (Å²) >= 11 is 0. The van der Waals surface area contributed by atoms with Crippen LogP contribution in [0.3, 0.4) is 0 Å². The van der Waals surface area contributed by atoms with Gasteiger partial charge in [0.05, 0.1) is 6.67 Å². The van der Waals surface area contributed by atoms with Crippen LogP contribution in [0, 0.1) is 0 Å². The van der Waals surface area contributed by atoms with Gasteiger partial charge in [-0.25, -0.2) is 4.98 Å². The number of aromatic nitrogens is 1. The minimum atomic E-state index is -4.69. The molecule has 1 saturated heterocycles. The highest BCUT2D eigenvalue weighted by Crippen LogP contribution is 2.48. The van der Waals surface area contributed by atoms with Gasteiger partial charge in [0.15, 0.2) is 0 Å². The Bertz CT molecular complexity index is 897. The molecule has 4 rings (SSSR count). The van der Waals surface area contributed by atoms with E-state index in [1.165, 1.54) is 19.1 Å². The van der Waals surface area contributed by atoms with Gasteiger partial charge in [-0.05, 0) is 54.8 Å². The molecule has 1 aliphatic carbocycles. The number of nitrogens with one attached hydrogen (secondary N) is 1. The van der Waals surface area contributed by atoms with Gasteiger partial charge >= 0.3 is 6.36 Å². The molecule has 0 unspecified atom stereocenters. The Hall–Kier alpha value is -2.81. The lowest BCUT2D eigenvalue weighted by atomic mass is 10.2. The molecule has 0 radical (unpaired) electrons. The normalized spacial score (nSPS) is 18.1. The predicted molar refractivity (Wildman–Crippen MR) is 101 cm³/mol. The Balaban J connectivity index is 1.44. The third-order valence-electron chi connectivity index (χ3n) is 5.26. The zero-order valence-corrected chi connectivity index (χ0v) is 15.9. The molecule has 1 aliphatic heterocycles.